The Labute approximate surface area is 87.1 Å². The molecule has 0 spiro atoms. The minimum absolute atomic E-state index is 0.122. The van der Waals surface area contributed by atoms with Crippen LogP contribution in [0.5, 0.6) is 0 Å². The van der Waals surface area contributed by atoms with Gasteiger partial charge in [-0.2, -0.15) is 0 Å². The van der Waals surface area contributed by atoms with Crippen LogP contribution in [0.15, 0.2) is 0 Å². The van der Waals surface area contributed by atoms with E-state index in [-0.39, 0.29) is 5.54 Å². The summed E-state index contributed by atoms with van der Waals surface area (Å²) in [7, 11) is 0. The van der Waals surface area contributed by atoms with Crippen molar-refractivity contribution >= 4 is 0 Å². The molecule has 0 saturated heterocycles. The second-order valence-corrected chi connectivity index (χ2v) is 4.77. The summed E-state index contributed by atoms with van der Waals surface area (Å²) in [4.78, 5) is 0. The van der Waals surface area contributed by atoms with Crippen LogP contribution in [0.2, 0.25) is 0 Å². The lowest BCUT2D eigenvalue weighted by molar-refractivity contribution is 0.273. The average Bonchev–Trinajstić information content (AvgIpc) is 2.96. The predicted octanol–water partition coefficient (Wildman–Crippen LogP) is 0.866. The summed E-state index contributed by atoms with van der Waals surface area (Å²) in [6.45, 7) is 4.19. The highest BCUT2D eigenvalue weighted by molar-refractivity contribution is 4.90. The Bertz CT molecular complexity index is 159. The highest BCUT2D eigenvalue weighted by atomic mass is 16.2. The maximum Gasteiger partial charge on any atom is 0.0431 e. The van der Waals surface area contributed by atoms with Gasteiger partial charge in [0.25, 0.3) is 0 Å². The molecular weight excluding hydrogens is 176 g/mol. The monoisotopic (exact) mass is 200 g/mol. The Morgan fingerprint density at radius 2 is 2.14 bits per heavy atom. The summed E-state index contributed by atoms with van der Waals surface area (Å²) in [5, 5.41) is 12.2. The molecule has 0 aromatic carbocycles. The molecule has 1 fully saturated rings. The number of nitrogens with one attached hydrogen (secondary N) is 1. The molecule has 1 rings (SSSR count). The summed E-state index contributed by atoms with van der Waals surface area (Å²) in [6.07, 6.45) is 5.90. The number of aliphatic hydroxyl groups excluding tert-OH is 1. The van der Waals surface area contributed by atoms with Gasteiger partial charge in [-0.05, 0) is 38.6 Å². The molecule has 3 heteroatoms. The molecule has 1 atom stereocenters. The van der Waals surface area contributed by atoms with Crippen molar-refractivity contribution in [3.63, 3.8) is 0 Å². The zero-order chi connectivity index (χ0) is 10.4. The van der Waals surface area contributed by atoms with E-state index in [1.54, 1.807) is 0 Å². The van der Waals surface area contributed by atoms with Crippen molar-refractivity contribution < 1.29 is 5.11 Å². The molecule has 0 aromatic rings. The Morgan fingerprint density at radius 3 is 2.64 bits per heavy atom. The fraction of sp³-hybridized carbons (Fsp3) is 1.00. The first-order chi connectivity index (χ1) is 6.70. The smallest absolute Gasteiger partial charge is 0.0431 e. The maximum absolute atomic E-state index is 8.66. The van der Waals surface area contributed by atoms with Crippen molar-refractivity contribution in [2.24, 2.45) is 11.7 Å². The third-order valence-corrected chi connectivity index (χ3v) is 3.02. The maximum atomic E-state index is 8.66. The number of hydrogen-bond donors (Lipinski definition) is 3. The summed E-state index contributed by atoms with van der Waals surface area (Å²) in [5.41, 5.74) is 5.91. The Kier molecular flexibility index (Phi) is 4.85. The van der Waals surface area contributed by atoms with Gasteiger partial charge in [0.05, 0.1) is 0 Å². The highest BCUT2D eigenvalue weighted by Crippen LogP contribution is 2.36. The van der Waals surface area contributed by atoms with Gasteiger partial charge in [0.15, 0.2) is 0 Å². The highest BCUT2D eigenvalue weighted by Gasteiger charge is 2.31. The molecule has 0 bridgehead atoms. The third-order valence-electron chi connectivity index (χ3n) is 3.02. The van der Waals surface area contributed by atoms with Crippen LogP contribution in [-0.4, -0.2) is 30.3 Å². The van der Waals surface area contributed by atoms with Crippen molar-refractivity contribution in [3.8, 4) is 0 Å². The van der Waals surface area contributed by atoms with Crippen LogP contribution < -0.4 is 11.1 Å². The molecule has 0 aliphatic heterocycles. The van der Waals surface area contributed by atoms with Crippen LogP contribution >= 0.6 is 0 Å². The van der Waals surface area contributed by atoms with E-state index in [2.05, 4.69) is 12.2 Å². The standard InChI is InChI=1S/C11H24N2O/c1-11(9-12,8-10-4-5-10)13-6-2-3-7-14/h10,13-14H,2-9,12H2,1H3. The van der Waals surface area contributed by atoms with Crippen LogP contribution in [0.1, 0.15) is 39.0 Å². The van der Waals surface area contributed by atoms with E-state index in [1.165, 1.54) is 19.3 Å². The van der Waals surface area contributed by atoms with Crippen molar-refractivity contribution in [1.29, 1.82) is 0 Å². The largest absolute Gasteiger partial charge is 0.396 e. The van der Waals surface area contributed by atoms with Crippen molar-refractivity contribution in [3.05, 3.63) is 0 Å². The van der Waals surface area contributed by atoms with Gasteiger partial charge in [-0.1, -0.05) is 12.8 Å². The molecule has 0 heterocycles. The Balaban J connectivity index is 2.14. The number of rotatable bonds is 8. The molecular formula is C11H24N2O. The number of hydrogen-bond acceptors (Lipinski definition) is 3. The molecule has 1 unspecified atom stereocenters. The fourth-order valence-electron chi connectivity index (χ4n) is 1.81. The first-order valence-corrected chi connectivity index (χ1v) is 5.76. The zero-order valence-electron chi connectivity index (χ0n) is 9.26. The topological polar surface area (TPSA) is 58.3 Å². The van der Waals surface area contributed by atoms with Gasteiger partial charge in [-0.25, -0.2) is 0 Å². The van der Waals surface area contributed by atoms with Gasteiger partial charge < -0.3 is 16.2 Å². The molecule has 0 radical (unpaired) electrons. The van der Waals surface area contributed by atoms with E-state index in [0.717, 1.165) is 25.3 Å². The van der Waals surface area contributed by atoms with E-state index in [9.17, 15) is 0 Å². The lowest BCUT2D eigenvalue weighted by Crippen LogP contribution is -2.49. The van der Waals surface area contributed by atoms with Gasteiger partial charge in [-0.3, -0.25) is 0 Å². The van der Waals surface area contributed by atoms with Crippen LogP contribution in [0, 0.1) is 5.92 Å². The minimum atomic E-state index is 0.122. The van der Waals surface area contributed by atoms with Gasteiger partial charge in [0.1, 0.15) is 0 Å². The number of unbranched alkanes of at least 4 members (excludes halogenated alkanes) is 1. The van der Waals surface area contributed by atoms with E-state index in [1.807, 2.05) is 0 Å². The van der Waals surface area contributed by atoms with Gasteiger partial charge in [-0.15, -0.1) is 0 Å². The van der Waals surface area contributed by atoms with Gasteiger partial charge in [0, 0.05) is 18.7 Å². The van der Waals surface area contributed by atoms with E-state index < -0.39 is 0 Å². The molecule has 84 valence electrons. The lowest BCUT2D eigenvalue weighted by atomic mass is 9.94. The molecule has 3 nitrogen and oxygen atoms in total. The van der Waals surface area contributed by atoms with Crippen LogP contribution in [0.25, 0.3) is 0 Å². The molecule has 14 heavy (non-hydrogen) atoms. The summed E-state index contributed by atoms with van der Waals surface area (Å²) >= 11 is 0. The minimum Gasteiger partial charge on any atom is -0.396 e. The van der Waals surface area contributed by atoms with Crippen LogP contribution in [0.3, 0.4) is 0 Å². The zero-order valence-corrected chi connectivity index (χ0v) is 9.26. The number of aliphatic hydroxyl groups is 1. The third kappa shape index (κ3) is 4.40. The molecule has 1 aliphatic rings. The Morgan fingerprint density at radius 1 is 1.43 bits per heavy atom. The summed E-state index contributed by atoms with van der Waals surface area (Å²) in [6, 6.07) is 0. The summed E-state index contributed by atoms with van der Waals surface area (Å²) < 4.78 is 0. The molecule has 0 aromatic heterocycles. The quantitative estimate of drug-likeness (QED) is 0.509. The van der Waals surface area contributed by atoms with Crippen LogP contribution in [0.4, 0.5) is 0 Å². The van der Waals surface area contributed by atoms with E-state index >= 15 is 0 Å². The van der Waals surface area contributed by atoms with Gasteiger partial charge >= 0.3 is 0 Å². The van der Waals surface area contributed by atoms with Gasteiger partial charge in [0.2, 0.25) is 0 Å². The molecule has 0 amide bonds. The summed E-state index contributed by atoms with van der Waals surface area (Å²) in [5.74, 6) is 0.911. The number of nitrogens with two attached hydrogens (primary N) is 1. The SMILES string of the molecule is CC(CN)(CC1CC1)NCCCCO. The molecule has 1 saturated carbocycles. The average molecular weight is 200 g/mol. The van der Waals surface area contributed by atoms with E-state index in [4.69, 9.17) is 10.8 Å². The van der Waals surface area contributed by atoms with Crippen molar-refractivity contribution in [1.82, 2.24) is 5.32 Å². The van der Waals surface area contributed by atoms with E-state index in [0.29, 0.717) is 13.2 Å². The Hall–Kier alpha value is -0.120. The fourth-order valence-corrected chi connectivity index (χ4v) is 1.81. The normalized spacial score (nSPS) is 20.8. The van der Waals surface area contributed by atoms with Crippen LogP contribution in [-0.2, 0) is 0 Å². The first kappa shape index (κ1) is 12.0. The van der Waals surface area contributed by atoms with Crippen molar-refractivity contribution in [2.45, 2.75) is 44.6 Å². The second kappa shape index (κ2) is 5.69. The molecule has 1 aliphatic carbocycles. The lowest BCUT2D eigenvalue weighted by Gasteiger charge is -2.29. The second-order valence-electron chi connectivity index (χ2n) is 4.77. The molecule has 4 N–H and O–H groups in total. The first-order valence-electron chi connectivity index (χ1n) is 5.76. The predicted molar refractivity (Wildman–Crippen MR) is 59.1 cm³/mol. The van der Waals surface area contributed by atoms with Crippen molar-refractivity contribution in [2.75, 3.05) is 19.7 Å².